The van der Waals surface area contributed by atoms with Crippen molar-refractivity contribution in [1.29, 1.82) is 0 Å². The Morgan fingerprint density at radius 1 is 1.57 bits per heavy atom. The molecule has 4 heteroatoms. The molecular weight excluding hydrogens is 202 g/mol. The molecule has 0 saturated heterocycles. The van der Waals surface area contributed by atoms with E-state index in [2.05, 4.69) is 5.32 Å². The van der Waals surface area contributed by atoms with Crippen LogP contribution >= 0.6 is 11.6 Å². The van der Waals surface area contributed by atoms with Crippen LogP contribution in [0.2, 0.25) is 5.22 Å². The van der Waals surface area contributed by atoms with E-state index in [0.29, 0.717) is 11.8 Å². The van der Waals surface area contributed by atoms with Gasteiger partial charge in [-0.2, -0.15) is 0 Å². The third-order valence-corrected chi connectivity index (χ3v) is 2.01. The Morgan fingerprint density at radius 3 is 2.93 bits per heavy atom. The molecule has 0 saturated carbocycles. The summed E-state index contributed by atoms with van der Waals surface area (Å²) in [5.74, 6) is 0.846. The van der Waals surface area contributed by atoms with Gasteiger partial charge in [-0.05, 0) is 37.6 Å². The summed E-state index contributed by atoms with van der Waals surface area (Å²) in [4.78, 5) is 0. The SMILES string of the molecule is CCOC(C)CNCc1ccc(Cl)o1. The zero-order chi connectivity index (χ0) is 10.4. The van der Waals surface area contributed by atoms with Gasteiger partial charge in [0.05, 0.1) is 12.6 Å². The lowest BCUT2D eigenvalue weighted by Crippen LogP contribution is -2.26. The van der Waals surface area contributed by atoms with Crippen LogP contribution in [0.1, 0.15) is 19.6 Å². The molecule has 1 aromatic heterocycles. The van der Waals surface area contributed by atoms with E-state index < -0.39 is 0 Å². The van der Waals surface area contributed by atoms with Crippen molar-refractivity contribution in [2.75, 3.05) is 13.2 Å². The normalized spacial score (nSPS) is 13.1. The Balaban J connectivity index is 2.15. The molecule has 0 fully saturated rings. The molecule has 14 heavy (non-hydrogen) atoms. The minimum Gasteiger partial charge on any atom is -0.448 e. The highest BCUT2D eigenvalue weighted by Gasteiger charge is 2.02. The van der Waals surface area contributed by atoms with Crippen LogP contribution in [0.25, 0.3) is 0 Å². The van der Waals surface area contributed by atoms with Crippen LogP contribution in [0.5, 0.6) is 0 Å². The van der Waals surface area contributed by atoms with Gasteiger partial charge in [-0.1, -0.05) is 0 Å². The van der Waals surface area contributed by atoms with Gasteiger partial charge in [-0.3, -0.25) is 0 Å². The molecule has 0 bridgehead atoms. The van der Waals surface area contributed by atoms with Gasteiger partial charge in [-0.15, -0.1) is 0 Å². The van der Waals surface area contributed by atoms with Crippen LogP contribution in [0.4, 0.5) is 0 Å². The van der Waals surface area contributed by atoms with Crippen molar-refractivity contribution in [3.63, 3.8) is 0 Å². The molecular formula is C10H16ClNO2. The van der Waals surface area contributed by atoms with E-state index in [1.807, 2.05) is 19.9 Å². The molecule has 80 valence electrons. The molecule has 0 radical (unpaired) electrons. The zero-order valence-corrected chi connectivity index (χ0v) is 9.30. The molecule has 3 nitrogen and oxygen atoms in total. The van der Waals surface area contributed by atoms with Crippen molar-refractivity contribution < 1.29 is 9.15 Å². The van der Waals surface area contributed by atoms with E-state index in [1.54, 1.807) is 6.07 Å². The Labute approximate surface area is 89.4 Å². The van der Waals surface area contributed by atoms with Crippen LogP contribution in [-0.2, 0) is 11.3 Å². The maximum atomic E-state index is 5.63. The molecule has 0 aliphatic carbocycles. The Bertz CT molecular complexity index is 262. The minimum absolute atomic E-state index is 0.227. The average Bonchev–Trinajstić information content (AvgIpc) is 2.52. The summed E-state index contributed by atoms with van der Waals surface area (Å²) in [5.41, 5.74) is 0. The average molecular weight is 218 g/mol. The molecule has 1 aromatic rings. The lowest BCUT2D eigenvalue weighted by Gasteiger charge is -2.11. The second kappa shape index (κ2) is 6.06. The Hall–Kier alpha value is -0.510. The fraction of sp³-hybridized carbons (Fsp3) is 0.600. The molecule has 0 aromatic carbocycles. The highest BCUT2D eigenvalue weighted by atomic mass is 35.5. The number of nitrogens with one attached hydrogen (secondary N) is 1. The first-order valence-corrected chi connectivity index (χ1v) is 5.16. The van der Waals surface area contributed by atoms with Crippen LogP contribution in [0, 0.1) is 0 Å². The van der Waals surface area contributed by atoms with Gasteiger partial charge in [0.15, 0.2) is 5.22 Å². The van der Waals surface area contributed by atoms with Crippen molar-refractivity contribution in [2.24, 2.45) is 0 Å². The van der Waals surface area contributed by atoms with E-state index in [1.165, 1.54) is 0 Å². The van der Waals surface area contributed by atoms with E-state index in [9.17, 15) is 0 Å². The summed E-state index contributed by atoms with van der Waals surface area (Å²) in [7, 11) is 0. The summed E-state index contributed by atoms with van der Waals surface area (Å²) in [6.07, 6.45) is 0.227. The summed E-state index contributed by atoms with van der Waals surface area (Å²) in [6, 6.07) is 3.60. The molecule has 0 amide bonds. The minimum atomic E-state index is 0.227. The second-order valence-corrected chi connectivity index (χ2v) is 3.48. The number of ether oxygens (including phenoxy) is 1. The highest BCUT2D eigenvalue weighted by molar-refractivity contribution is 6.28. The first-order valence-electron chi connectivity index (χ1n) is 4.79. The number of hydrogen-bond donors (Lipinski definition) is 1. The van der Waals surface area contributed by atoms with Crippen LogP contribution in [0.3, 0.4) is 0 Å². The van der Waals surface area contributed by atoms with Crippen molar-refractivity contribution in [3.05, 3.63) is 23.1 Å². The van der Waals surface area contributed by atoms with Crippen molar-refractivity contribution in [3.8, 4) is 0 Å². The third-order valence-electron chi connectivity index (χ3n) is 1.81. The number of hydrogen-bond acceptors (Lipinski definition) is 3. The summed E-state index contributed by atoms with van der Waals surface area (Å²) < 4.78 is 10.6. The van der Waals surface area contributed by atoms with Crippen LogP contribution in [0.15, 0.2) is 16.5 Å². The first kappa shape index (κ1) is 11.6. The van der Waals surface area contributed by atoms with Gasteiger partial charge < -0.3 is 14.5 Å². The van der Waals surface area contributed by atoms with E-state index in [-0.39, 0.29) is 6.10 Å². The predicted molar refractivity (Wildman–Crippen MR) is 56.5 cm³/mol. The maximum Gasteiger partial charge on any atom is 0.193 e. The fourth-order valence-corrected chi connectivity index (χ4v) is 1.35. The Kier molecular flexibility index (Phi) is 5.01. The second-order valence-electron chi connectivity index (χ2n) is 3.10. The van der Waals surface area contributed by atoms with Crippen molar-refractivity contribution >= 4 is 11.6 Å². The molecule has 1 heterocycles. The highest BCUT2D eigenvalue weighted by Crippen LogP contribution is 2.12. The number of halogens is 1. The van der Waals surface area contributed by atoms with E-state index >= 15 is 0 Å². The predicted octanol–water partition coefficient (Wildman–Crippen LogP) is 2.45. The third kappa shape index (κ3) is 4.13. The van der Waals surface area contributed by atoms with Crippen LogP contribution < -0.4 is 5.32 Å². The summed E-state index contributed by atoms with van der Waals surface area (Å²) >= 11 is 5.63. The lowest BCUT2D eigenvalue weighted by atomic mass is 10.4. The van der Waals surface area contributed by atoms with Gasteiger partial charge in [-0.25, -0.2) is 0 Å². The molecule has 1 rings (SSSR count). The first-order chi connectivity index (χ1) is 6.72. The van der Waals surface area contributed by atoms with Crippen LogP contribution in [-0.4, -0.2) is 19.3 Å². The smallest absolute Gasteiger partial charge is 0.193 e. The van der Waals surface area contributed by atoms with Gasteiger partial charge in [0.25, 0.3) is 0 Å². The zero-order valence-electron chi connectivity index (χ0n) is 8.55. The van der Waals surface area contributed by atoms with E-state index in [4.69, 9.17) is 20.8 Å². The topological polar surface area (TPSA) is 34.4 Å². The largest absolute Gasteiger partial charge is 0.448 e. The van der Waals surface area contributed by atoms with E-state index in [0.717, 1.165) is 18.9 Å². The summed E-state index contributed by atoms with van der Waals surface area (Å²) in [5, 5.41) is 3.65. The number of rotatable bonds is 6. The molecule has 0 aliphatic rings. The van der Waals surface area contributed by atoms with Crippen molar-refractivity contribution in [2.45, 2.75) is 26.5 Å². The van der Waals surface area contributed by atoms with Crippen molar-refractivity contribution in [1.82, 2.24) is 5.32 Å². The van der Waals surface area contributed by atoms with Gasteiger partial charge in [0.2, 0.25) is 0 Å². The standard InChI is InChI=1S/C10H16ClNO2/c1-3-13-8(2)6-12-7-9-4-5-10(11)14-9/h4-5,8,12H,3,6-7H2,1-2H3. The number of furan rings is 1. The molecule has 1 atom stereocenters. The lowest BCUT2D eigenvalue weighted by molar-refractivity contribution is 0.0756. The van der Waals surface area contributed by atoms with Gasteiger partial charge in [0, 0.05) is 13.2 Å². The molecule has 0 aliphatic heterocycles. The Morgan fingerprint density at radius 2 is 2.36 bits per heavy atom. The molecule has 0 spiro atoms. The van der Waals surface area contributed by atoms with Gasteiger partial charge >= 0.3 is 0 Å². The fourth-order valence-electron chi connectivity index (χ4n) is 1.19. The quantitative estimate of drug-likeness (QED) is 0.795. The summed E-state index contributed by atoms with van der Waals surface area (Å²) in [6.45, 7) is 6.26. The van der Waals surface area contributed by atoms with Gasteiger partial charge in [0.1, 0.15) is 5.76 Å². The molecule has 1 unspecified atom stereocenters. The maximum absolute atomic E-state index is 5.63. The monoisotopic (exact) mass is 217 g/mol. The molecule has 1 N–H and O–H groups in total.